The van der Waals surface area contributed by atoms with Gasteiger partial charge in [0, 0.05) is 18.8 Å². The fourth-order valence-electron chi connectivity index (χ4n) is 5.15. The van der Waals surface area contributed by atoms with Crippen molar-refractivity contribution in [2.24, 2.45) is 5.92 Å². The number of rotatable bonds is 9. The minimum absolute atomic E-state index is 0.112. The summed E-state index contributed by atoms with van der Waals surface area (Å²) < 4.78 is 29.2. The van der Waals surface area contributed by atoms with E-state index in [1.807, 2.05) is 26.0 Å². The Hall–Kier alpha value is -4.29. The maximum Gasteiger partial charge on any atom is 0.296 e. The van der Waals surface area contributed by atoms with E-state index in [0.29, 0.717) is 24.2 Å². The third-order valence-electron chi connectivity index (χ3n) is 7.36. The van der Waals surface area contributed by atoms with Crippen molar-refractivity contribution in [3.8, 4) is 23.1 Å². The molecule has 8 nitrogen and oxygen atoms in total. The Labute approximate surface area is 233 Å². The van der Waals surface area contributed by atoms with Crippen LogP contribution in [0.3, 0.4) is 0 Å². The molecule has 0 aliphatic heterocycles. The van der Waals surface area contributed by atoms with Crippen molar-refractivity contribution in [3.05, 3.63) is 99.9 Å². The first kappa shape index (κ1) is 27.3. The predicted octanol–water partition coefficient (Wildman–Crippen LogP) is 5.37. The molecule has 1 aliphatic rings. The van der Waals surface area contributed by atoms with E-state index in [2.05, 4.69) is 16.0 Å². The van der Waals surface area contributed by atoms with Gasteiger partial charge in [0.05, 0.1) is 22.6 Å². The Kier molecular flexibility index (Phi) is 7.55. The normalized spacial score (nSPS) is 14.0. The lowest BCUT2D eigenvalue weighted by Gasteiger charge is -2.26. The molecule has 1 fully saturated rings. The van der Waals surface area contributed by atoms with Crippen LogP contribution in [0, 0.1) is 24.2 Å². The summed E-state index contributed by atoms with van der Waals surface area (Å²) >= 11 is 0. The number of nitrogens with zero attached hydrogens (tertiary/aromatic N) is 4. The molecule has 2 aromatic heterocycles. The molecule has 0 unspecified atom stereocenters. The molecule has 2 aromatic carbocycles. The quantitative estimate of drug-likeness (QED) is 0.295. The van der Waals surface area contributed by atoms with Crippen LogP contribution in [0.2, 0.25) is 0 Å². The van der Waals surface area contributed by atoms with Crippen LogP contribution in [0.5, 0.6) is 5.88 Å². The van der Waals surface area contributed by atoms with Gasteiger partial charge in [-0.05, 0) is 84.7 Å². The maximum absolute atomic E-state index is 13.8. The summed E-state index contributed by atoms with van der Waals surface area (Å²) in [7, 11) is -4.41. The highest BCUT2D eigenvalue weighted by atomic mass is 32.2. The molecule has 0 radical (unpaired) electrons. The van der Waals surface area contributed by atoms with Crippen LogP contribution in [-0.2, 0) is 16.3 Å². The fraction of sp³-hybridized carbons (Fsp3) is 0.290. The Morgan fingerprint density at radius 1 is 1.15 bits per heavy atom. The van der Waals surface area contributed by atoms with Gasteiger partial charge in [0.1, 0.15) is 5.82 Å². The fourth-order valence-corrected chi connectivity index (χ4v) is 6.50. The molecule has 0 amide bonds. The summed E-state index contributed by atoms with van der Waals surface area (Å²) in [6.45, 7) is 3.93. The van der Waals surface area contributed by atoms with Crippen molar-refractivity contribution in [1.29, 1.82) is 5.26 Å². The number of benzene rings is 2. The van der Waals surface area contributed by atoms with Crippen LogP contribution >= 0.6 is 0 Å². The minimum Gasteiger partial charge on any atom is -0.493 e. The molecule has 1 N–H and O–H groups in total. The van der Waals surface area contributed by atoms with E-state index in [4.69, 9.17) is 0 Å². The van der Waals surface area contributed by atoms with E-state index in [9.17, 15) is 23.6 Å². The number of hydrogen-bond donors (Lipinski definition) is 1. The van der Waals surface area contributed by atoms with E-state index in [1.165, 1.54) is 16.7 Å². The zero-order chi connectivity index (χ0) is 28.4. The zero-order valence-corrected chi connectivity index (χ0v) is 23.2. The van der Waals surface area contributed by atoms with Gasteiger partial charge in [-0.1, -0.05) is 37.6 Å². The van der Waals surface area contributed by atoms with E-state index >= 15 is 0 Å². The van der Waals surface area contributed by atoms with Crippen molar-refractivity contribution in [2.75, 3.05) is 0 Å². The number of aromatic nitrogens is 3. The maximum atomic E-state index is 13.8. The highest BCUT2D eigenvalue weighted by Crippen LogP contribution is 2.46. The molecule has 2 heterocycles. The monoisotopic (exact) mass is 554 g/mol. The number of aryl methyl sites for hydroxylation is 2. The molecule has 0 spiro atoms. The highest BCUT2D eigenvalue weighted by molar-refractivity contribution is 7.91. The Balaban J connectivity index is 1.66. The van der Waals surface area contributed by atoms with Crippen LogP contribution in [0.1, 0.15) is 61.2 Å². The highest BCUT2D eigenvalue weighted by Gasteiger charge is 2.39. The van der Waals surface area contributed by atoms with E-state index in [1.54, 1.807) is 42.7 Å². The minimum atomic E-state index is -4.41. The molecule has 1 saturated carbocycles. The van der Waals surface area contributed by atoms with Crippen molar-refractivity contribution in [3.63, 3.8) is 0 Å². The third-order valence-corrected chi connectivity index (χ3v) is 9.14. The molecular formula is C31H30N4O4S. The average molecular weight is 555 g/mol. The lowest BCUT2D eigenvalue weighted by molar-refractivity contribution is 0.348. The summed E-state index contributed by atoms with van der Waals surface area (Å²) in [6, 6.07) is 16.8. The summed E-state index contributed by atoms with van der Waals surface area (Å²) in [5, 5.41) is 21.1. The number of aromatic hydroxyl groups is 1. The second-order valence-electron chi connectivity index (χ2n) is 10.2. The standard InChI is InChI=1S/C31H30N4O4S/c1-3-4-8-27-34-30(36)29(31(37)35(27)28(23-9-10-23)24-7-5-6-21(17-24)18-32)40(38,39)25-13-11-22(12-14-25)26-15-16-33-19-20(26)2/h5-7,11-17,19,23,28,37H,3-4,8-10H2,1-2H3/t28-/m0/s1. The molecule has 9 heteroatoms. The summed E-state index contributed by atoms with van der Waals surface area (Å²) in [5.41, 5.74) is 2.91. The van der Waals surface area contributed by atoms with Gasteiger partial charge in [-0.15, -0.1) is 0 Å². The van der Waals surface area contributed by atoms with Gasteiger partial charge in [0.25, 0.3) is 5.56 Å². The summed E-state index contributed by atoms with van der Waals surface area (Å²) in [4.78, 5) is 20.7. The number of hydrogen-bond acceptors (Lipinski definition) is 7. The Bertz CT molecular complexity index is 1770. The first-order valence-electron chi connectivity index (χ1n) is 13.4. The molecule has 0 saturated heterocycles. The van der Waals surface area contributed by atoms with Crippen molar-refractivity contribution in [1.82, 2.24) is 14.5 Å². The van der Waals surface area contributed by atoms with Gasteiger partial charge in [-0.25, -0.2) is 8.42 Å². The zero-order valence-electron chi connectivity index (χ0n) is 22.4. The molecule has 0 bridgehead atoms. The van der Waals surface area contributed by atoms with E-state index in [-0.39, 0.29) is 10.8 Å². The second kappa shape index (κ2) is 11.1. The lowest BCUT2D eigenvalue weighted by atomic mass is 9.99. The van der Waals surface area contributed by atoms with Gasteiger partial charge in [-0.3, -0.25) is 14.3 Å². The SMILES string of the molecule is CCCCc1nc(=O)c(S(=O)(=O)c2ccc(-c3ccncc3C)cc2)c(O)n1[C@H](c1cccc(C#N)c1)C1CC1. The molecule has 5 rings (SSSR count). The van der Waals surface area contributed by atoms with Crippen LogP contribution in [0.15, 0.2) is 81.6 Å². The van der Waals surface area contributed by atoms with Gasteiger partial charge < -0.3 is 5.11 Å². The summed E-state index contributed by atoms with van der Waals surface area (Å²) in [6.07, 6.45) is 7.09. The van der Waals surface area contributed by atoms with Crippen LogP contribution in [0.4, 0.5) is 0 Å². The smallest absolute Gasteiger partial charge is 0.296 e. The van der Waals surface area contributed by atoms with Crippen molar-refractivity contribution >= 4 is 9.84 Å². The second-order valence-corrected chi connectivity index (χ2v) is 12.1. The Morgan fingerprint density at radius 3 is 2.55 bits per heavy atom. The number of sulfone groups is 1. The number of nitriles is 1. The van der Waals surface area contributed by atoms with Gasteiger partial charge >= 0.3 is 0 Å². The first-order chi connectivity index (χ1) is 19.3. The molecular weight excluding hydrogens is 524 g/mol. The van der Waals surface area contributed by atoms with Gasteiger partial charge in [0.2, 0.25) is 15.7 Å². The lowest BCUT2D eigenvalue weighted by Crippen LogP contribution is -2.28. The van der Waals surface area contributed by atoms with Crippen molar-refractivity contribution in [2.45, 2.75) is 61.8 Å². The molecule has 40 heavy (non-hydrogen) atoms. The van der Waals surface area contributed by atoms with Crippen LogP contribution in [0.25, 0.3) is 11.1 Å². The van der Waals surface area contributed by atoms with Crippen molar-refractivity contribution < 1.29 is 13.5 Å². The third kappa shape index (κ3) is 5.15. The van der Waals surface area contributed by atoms with Gasteiger partial charge in [0.15, 0.2) is 4.90 Å². The van der Waals surface area contributed by atoms with E-state index in [0.717, 1.165) is 41.5 Å². The van der Waals surface area contributed by atoms with Crippen LogP contribution in [-0.4, -0.2) is 28.1 Å². The molecule has 204 valence electrons. The predicted molar refractivity (Wildman–Crippen MR) is 151 cm³/mol. The van der Waals surface area contributed by atoms with Gasteiger partial charge in [-0.2, -0.15) is 10.2 Å². The number of pyridine rings is 1. The first-order valence-corrected chi connectivity index (χ1v) is 14.8. The summed E-state index contributed by atoms with van der Waals surface area (Å²) in [5.74, 6) is -0.159. The number of unbranched alkanes of at least 4 members (excludes halogenated alkanes) is 1. The van der Waals surface area contributed by atoms with Crippen LogP contribution < -0.4 is 5.56 Å². The Morgan fingerprint density at radius 2 is 1.90 bits per heavy atom. The molecule has 1 aliphatic carbocycles. The topological polar surface area (TPSA) is 126 Å². The largest absolute Gasteiger partial charge is 0.493 e. The molecule has 1 atom stereocenters. The van der Waals surface area contributed by atoms with E-state index < -0.39 is 32.2 Å². The molecule has 4 aromatic rings. The average Bonchev–Trinajstić information content (AvgIpc) is 3.79.